The van der Waals surface area contributed by atoms with E-state index in [-0.39, 0.29) is 28.9 Å². The monoisotopic (exact) mass is 380 g/mol. The van der Waals surface area contributed by atoms with Gasteiger partial charge in [-0.05, 0) is 36.6 Å². The fourth-order valence-corrected chi connectivity index (χ4v) is 4.68. The molecule has 1 aromatic rings. The Hall–Kier alpha value is -1.93. The number of aryl methyl sites for hydroxylation is 1. The zero-order valence-corrected chi connectivity index (χ0v) is 15.8. The summed E-state index contributed by atoms with van der Waals surface area (Å²) in [6, 6.07) is 4.89. The van der Waals surface area contributed by atoms with Crippen molar-refractivity contribution in [3.63, 3.8) is 0 Å². The van der Waals surface area contributed by atoms with Crippen LogP contribution in [0.3, 0.4) is 0 Å². The van der Waals surface area contributed by atoms with Crippen LogP contribution in [-0.2, 0) is 30.6 Å². The van der Waals surface area contributed by atoms with Crippen molar-refractivity contribution in [3.8, 4) is 0 Å². The summed E-state index contributed by atoms with van der Waals surface area (Å²) < 4.78 is 30.5. The van der Waals surface area contributed by atoms with Crippen LogP contribution in [0.15, 0.2) is 23.1 Å². The molecule has 8 heteroatoms. The highest BCUT2D eigenvalue weighted by molar-refractivity contribution is 7.91. The van der Waals surface area contributed by atoms with E-state index in [0.717, 1.165) is 24.1 Å². The van der Waals surface area contributed by atoms with Gasteiger partial charge in [-0.2, -0.15) is 0 Å². The number of fused-ring (bicyclic) bond motifs is 1. The van der Waals surface area contributed by atoms with Crippen LogP contribution in [0, 0.1) is 0 Å². The standard InChI is InChI=1S/C18H24N2O5S/c1-14(21)20-7-2-3-15-13-16(4-5-17(15)20)26(23,24)12-6-18(22)19-8-10-25-11-9-19/h4-5,13H,2-3,6-12H2,1H3. The maximum absolute atomic E-state index is 12.6. The number of benzene rings is 1. The van der Waals surface area contributed by atoms with Crippen LogP contribution in [0.1, 0.15) is 25.3 Å². The number of carbonyl (C=O) groups is 2. The number of carbonyl (C=O) groups excluding carboxylic acids is 2. The average molecular weight is 380 g/mol. The van der Waals surface area contributed by atoms with Crippen molar-refractivity contribution in [2.45, 2.75) is 31.1 Å². The topological polar surface area (TPSA) is 84.0 Å². The predicted molar refractivity (Wildman–Crippen MR) is 96.9 cm³/mol. The van der Waals surface area contributed by atoms with Crippen molar-refractivity contribution in [1.82, 2.24) is 4.90 Å². The Morgan fingerprint density at radius 3 is 2.58 bits per heavy atom. The smallest absolute Gasteiger partial charge is 0.223 e. The van der Waals surface area contributed by atoms with E-state index >= 15 is 0 Å². The van der Waals surface area contributed by atoms with Crippen LogP contribution in [-0.4, -0.2) is 63.7 Å². The lowest BCUT2D eigenvalue weighted by Gasteiger charge is -2.29. The Bertz CT molecular complexity index is 800. The molecule has 0 bridgehead atoms. The van der Waals surface area contributed by atoms with E-state index in [1.165, 1.54) is 13.0 Å². The first kappa shape index (κ1) is 18.8. The third kappa shape index (κ3) is 4.07. The summed E-state index contributed by atoms with van der Waals surface area (Å²) in [5.74, 6) is -0.409. The summed E-state index contributed by atoms with van der Waals surface area (Å²) in [5, 5.41) is 0. The van der Waals surface area contributed by atoms with Gasteiger partial charge in [0.1, 0.15) is 0 Å². The molecular formula is C18H24N2O5S. The number of nitrogens with zero attached hydrogens (tertiary/aromatic N) is 2. The minimum Gasteiger partial charge on any atom is -0.378 e. The lowest BCUT2D eigenvalue weighted by Crippen LogP contribution is -2.41. The largest absolute Gasteiger partial charge is 0.378 e. The third-order valence-corrected chi connectivity index (χ3v) is 6.57. The fourth-order valence-electron chi connectivity index (χ4n) is 3.40. The minimum absolute atomic E-state index is 0.0288. The van der Waals surface area contributed by atoms with E-state index in [1.807, 2.05) is 0 Å². The summed E-state index contributed by atoms with van der Waals surface area (Å²) in [7, 11) is -3.55. The molecule has 0 atom stereocenters. The van der Waals surface area contributed by atoms with E-state index in [0.29, 0.717) is 32.8 Å². The fraction of sp³-hybridized carbons (Fsp3) is 0.556. The van der Waals surface area contributed by atoms with Gasteiger partial charge in [0.05, 0.1) is 23.9 Å². The number of sulfone groups is 1. The van der Waals surface area contributed by atoms with Crippen LogP contribution in [0.25, 0.3) is 0 Å². The molecule has 0 unspecified atom stereocenters. The number of amides is 2. The molecule has 1 saturated heterocycles. The van der Waals surface area contributed by atoms with Crippen molar-refractivity contribution >= 4 is 27.3 Å². The van der Waals surface area contributed by atoms with E-state index in [4.69, 9.17) is 4.74 Å². The number of rotatable bonds is 4. The summed E-state index contributed by atoms with van der Waals surface area (Å²) in [5.41, 5.74) is 1.65. The van der Waals surface area contributed by atoms with E-state index in [9.17, 15) is 18.0 Å². The van der Waals surface area contributed by atoms with Gasteiger partial charge < -0.3 is 14.5 Å². The van der Waals surface area contributed by atoms with Crippen molar-refractivity contribution in [3.05, 3.63) is 23.8 Å². The molecule has 1 aromatic carbocycles. The molecule has 2 aliphatic rings. The van der Waals surface area contributed by atoms with Crippen molar-refractivity contribution in [2.75, 3.05) is 43.5 Å². The molecule has 0 N–H and O–H groups in total. The predicted octanol–water partition coefficient (Wildman–Crippen LogP) is 1.01. The van der Waals surface area contributed by atoms with Gasteiger partial charge in [0.25, 0.3) is 0 Å². The van der Waals surface area contributed by atoms with Crippen molar-refractivity contribution < 1.29 is 22.7 Å². The Morgan fingerprint density at radius 2 is 1.88 bits per heavy atom. The molecule has 0 saturated carbocycles. The summed E-state index contributed by atoms with van der Waals surface area (Å²) >= 11 is 0. The molecule has 142 valence electrons. The highest BCUT2D eigenvalue weighted by Gasteiger charge is 2.25. The van der Waals surface area contributed by atoms with Crippen LogP contribution in [0.5, 0.6) is 0 Å². The zero-order valence-electron chi connectivity index (χ0n) is 14.9. The van der Waals surface area contributed by atoms with Crippen LogP contribution in [0.2, 0.25) is 0 Å². The molecule has 1 fully saturated rings. The number of morpholine rings is 1. The maximum atomic E-state index is 12.6. The van der Waals surface area contributed by atoms with Gasteiger partial charge in [-0.1, -0.05) is 0 Å². The van der Waals surface area contributed by atoms with Crippen molar-refractivity contribution in [2.24, 2.45) is 0 Å². The van der Waals surface area contributed by atoms with Crippen LogP contribution < -0.4 is 4.90 Å². The molecule has 0 spiro atoms. The normalized spacial score (nSPS) is 17.7. The summed E-state index contributed by atoms with van der Waals surface area (Å²) in [6.45, 7) is 4.18. The molecule has 2 aliphatic heterocycles. The number of hydrogen-bond acceptors (Lipinski definition) is 5. The molecule has 3 rings (SSSR count). The molecule has 2 heterocycles. The minimum atomic E-state index is -3.55. The molecule has 0 radical (unpaired) electrons. The second-order valence-electron chi connectivity index (χ2n) is 6.63. The van der Waals surface area contributed by atoms with Crippen LogP contribution >= 0.6 is 0 Å². The number of hydrogen-bond donors (Lipinski definition) is 0. The van der Waals surface area contributed by atoms with E-state index in [2.05, 4.69) is 0 Å². The van der Waals surface area contributed by atoms with Gasteiger partial charge in [-0.25, -0.2) is 8.42 Å². The first-order chi connectivity index (χ1) is 12.4. The van der Waals surface area contributed by atoms with E-state index < -0.39 is 9.84 Å². The second kappa shape index (κ2) is 7.75. The van der Waals surface area contributed by atoms with Gasteiger partial charge in [0.2, 0.25) is 11.8 Å². The Kier molecular flexibility index (Phi) is 5.62. The van der Waals surface area contributed by atoms with Gasteiger partial charge in [0.15, 0.2) is 9.84 Å². The highest BCUT2D eigenvalue weighted by atomic mass is 32.2. The first-order valence-corrected chi connectivity index (χ1v) is 10.5. The summed E-state index contributed by atoms with van der Waals surface area (Å²) in [6.07, 6.45) is 1.53. The number of anilines is 1. The van der Waals surface area contributed by atoms with Gasteiger partial charge in [0, 0.05) is 38.7 Å². The second-order valence-corrected chi connectivity index (χ2v) is 8.74. The maximum Gasteiger partial charge on any atom is 0.223 e. The molecular weight excluding hydrogens is 356 g/mol. The molecule has 0 aliphatic carbocycles. The van der Waals surface area contributed by atoms with E-state index in [1.54, 1.807) is 21.9 Å². The molecule has 26 heavy (non-hydrogen) atoms. The van der Waals surface area contributed by atoms with Gasteiger partial charge in [-0.3, -0.25) is 9.59 Å². The Labute approximate surface area is 153 Å². The SMILES string of the molecule is CC(=O)N1CCCc2cc(S(=O)(=O)CCC(=O)N3CCOCC3)ccc21. The molecule has 2 amide bonds. The van der Waals surface area contributed by atoms with Crippen LogP contribution in [0.4, 0.5) is 5.69 Å². The first-order valence-electron chi connectivity index (χ1n) is 8.88. The lowest BCUT2D eigenvalue weighted by molar-refractivity contribution is -0.134. The summed E-state index contributed by atoms with van der Waals surface area (Å²) in [4.78, 5) is 27.5. The third-order valence-electron chi connectivity index (χ3n) is 4.86. The van der Waals surface area contributed by atoms with Crippen molar-refractivity contribution in [1.29, 1.82) is 0 Å². The zero-order chi connectivity index (χ0) is 18.7. The van der Waals surface area contributed by atoms with Gasteiger partial charge >= 0.3 is 0 Å². The molecule has 0 aromatic heterocycles. The van der Waals surface area contributed by atoms with Gasteiger partial charge in [-0.15, -0.1) is 0 Å². The Morgan fingerprint density at radius 1 is 1.15 bits per heavy atom. The highest BCUT2D eigenvalue weighted by Crippen LogP contribution is 2.30. The quantitative estimate of drug-likeness (QED) is 0.778. The Balaban J connectivity index is 1.71. The average Bonchev–Trinajstić information content (AvgIpc) is 2.65. The number of ether oxygens (including phenoxy) is 1. The molecule has 7 nitrogen and oxygen atoms in total. The lowest BCUT2D eigenvalue weighted by atomic mass is 10.0.